The summed E-state index contributed by atoms with van der Waals surface area (Å²) in [5.41, 5.74) is 7.91. The molecule has 0 spiro atoms. The van der Waals surface area contributed by atoms with Gasteiger partial charge in [-0.05, 0) is 164 Å². The van der Waals surface area contributed by atoms with E-state index in [0.717, 1.165) is 94.4 Å². The number of tetrazole rings is 2. The van der Waals surface area contributed by atoms with E-state index in [9.17, 15) is 9.59 Å². The molecule has 4 aliphatic heterocycles. The van der Waals surface area contributed by atoms with Gasteiger partial charge in [-0.15, -0.1) is 0 Å². The molecule has 0 saturated carbocycles. The minimum absolute atomic E-state index is 0.203. The summed E-state index contributed by atoms with van der Waals surface area (Å²) < 4.78 is 3.30. The number of amides is 2. The van der Waals surface area contributed by atoms with Crippen molar-refractivity contribution < 1.29 is 9.59 Å². The van der Waals surface area contributed by atoms with Gasteiger partial charge in [0.15, 0.2) is 0 Å². The summed E-state index contributed by atoms with van der Waals surface area (Å²) in [5.74, 6) is 2.57. The number of aromatic amines is 2. The lowest BCUT2D eigenvalue weighted by atomic mass is 9.89. The Bertz CT molecular complexity index is 3710. The monoisotopic (exact) mass is 1110 g/mol. The fourth-order valence-electron chi connectivity index (χ4n) is 12.2. The number of anilines is 6. The molecule has 24 nitrogen and oxygen atoms in total. The molecule has 8 aromatic rings. The summed E-state index contributed by atoms with van der Waals surface area (Å²) in [6.45, 7) is 31.5. The smallest absolute Gasteiger partial charge is 0.255 e. The van der Waals surface area contributed by atoms with Gasteiger partial charge >= 0.3 is 0 Å². The molecule has 24 heteroatoms. The van der Waals surface area contributed by atoms with E-state index in [1.807, 2.05) is 128 Å². The average molecular weight is 1110 g/mol. The quantitative estimate of drug-likeness (QED) is 0.0921. The molecule has 2 fully saturated rings. The van der Waals surface area contributed by atoms with Crippen molar-refractivity contribution in [1.29, 1.82) is 0 Å². The number of nitrogens with one attached hydrogen (secondary N) is 5. The van der Waals surface area contributed by atoms with E-state index in [0.29, 0.717) is 64.3 Å². The Morgan fingerprint density at radius 2 is 1.11 bits per heavy atom. The normalized spacial score (nSPS) is 20.6. The number of benzene rings is 2. The van der Waals surface area contributed by atoms with E-state index >= 15 is 0 Å². The van der Waals surface area contributed by atoms with Gasteiger partial charge in [0.1, 0.15) is 23.0 Å². The van der Waals surface area contributed by atoms with Crippen LogP contribution in [0.15, 0.2) is 95.6 Å². The van der Waals surface area contributed by atoms with Crippen LogP contribution in [0.25, 0.3) is 44.3 Å². The summed E-state index contributed by atoms with van der Waals surface area (Å²) in [6.07, 6.45) is 3.69. The molecule has 430 valence electrons. The van der Waals surface area contributed by atoms with Crippen molar-refractivity contribution in [2.24, 2.45) is 0 Å². The average Bonchev–Trinajstić information content (AvgIpc) is 3.05. The van der Waals surface area contributed by atoms with Crippen LogP contribution in [0.2, 0.25) is 0 Å². The zero-order valence-electron chi connectivity index (χ0n) is 49.7. The molecule has 0 bridgehead atoms. The van der Waals surface area contributed by atoms with Crippen LogP contribution >= 0.6 is 0 Å². The molecule has 82 heavy (non-hydrogen) atoms. The lowest BCUT2D eigenvalue weighted by Crippen LogP contribution is -2.56. The molecular weight excluding hydrogens is 1040 g/mol. The number of H-pyrrole nitrogens is 2. The Morgan fingerprint density at radius 1 is 0.634 bits per heavy atom. The number of carbonyl (C=O) groups is 2. The van der Waals surface area contributed by atoms with Crippen LogP contribution in [0.5, 0.6) is 0 Å². The number of aromatic nitrogens is 14. The maximum Gasteiger partial charge on any atom is 0.255 e. The lowest BCUT2D eigenvalue weighted by molar-refractivity contribution is -0.114. The van der Waals surface area contributed by atoms with Crippen LogP contribution in [0.4, 0.5) is 34.9 Å². The first-order valence-electron chi connectivity index (χ1n) is 28.2. The Kier molecular flexibility index (Phi) is 15.4. The first-order chi connectivity index (χ1) is 39.2. The standard InChI is InChI=1S/C29H37N11O.C27H33N11O.C2H6/c1-8-39-17(2)15-38(16-18(39)3)24-13-20(11-12-30-24)26-22-14-21(9-10-23(22)32-33-26)31-27(41)25-19(4)37(7)28-34-35-36-40(28)29(25,5)6;1-15-13-37(14-16(2)36(15)6)22-11-18(9-10-28-22)24-20-12-19(7-8-21(20)31-32-24)30-25(39)23-17(3)29-26-33-34-35-38(26)27(23,4)5;1-2/h9-14,17-18H,8,15-16H2,1-7H3,(H,31,41)(H,32,33);7-12,15-16H,13-14H2,1-6H3,(H,30,39)(H,31,32)(H,29,33,35);1-2H3/t17-,18+;15-,16+;. The highest BCUT2D eigenvalue weighted by molar-refractivity contribution is 6.08. The van der Waals surface area contributed by atoms with Gasteiger partial charge in [-0.1, -0.05) is 31.0 Å². The van der Waals surface area contributed by atoms with Crippen LogP contribution in [0.1, 0.15) is 90.0 Å². The van der Waals surface area contributed by atoms with Crippen LogP contribution in [0, 0.1) is 0 Å². The van der Waals surface area contributed by atoms with Crippen molar-refractivity contribution in [3.8, 4) is 22.5 Å². The minimum Gasteiger partial charge on any atom is -0.353 e. The van der Waals surface area contributed by atoms with E-state index in [1.165, 1.54) is 0 Å². The van der Waals surface area contributed by atoms with E-state index < -0.39 is 11.1 Å². The van der Waals surface area contributed by atoms with Crippen LogP contribution in [0.3, 0.4) is 0 Å². The molecule has 6 aromatic heterocycles. The van der Waals surface area contributed by atoms with Gasteiger partial charge in [-0.3, -0.25) is 29.6 Å². The minimum atomic E-state index is -0.727. The fourth-order valence-corrected chi connectivity index (χ4v) is 12.2. The highest BCUT2D eigenvalue weighted by Gasteiger charge is 2.42. The highest BCUT2D eigenvalue weighted by atomic mass is 16.2. The Hall–Kier alpha value is -8.64. The number of hydrogen-bond acceptors (Lipinski definition) is 18. The van der Waals surface area contributed by atoms with Crippen molar-refractivity contribution in [3.05, 3.63) is 95.6 Å². The molecule has 5 N–H and O–H groups in total. The largest absolute Gasteiger partial charge is 0.353 e. The molecule has 0 unspecified atom stereocenters. The number of allylic oxidation sites excluding steroid dienone is 2. The predicted octanol–water partition coefficient (Wildman–Crippen LogP) is 7.87. The number of likely N-dealkylation sites (N-methyl/N-ethyl adjacent to an activating group) is 2. The van der Waals surface area contributed by atoms with E-state index in [4.69, 9.17) is 4.98 Å². The summed E-state index contributed by atoms with van der Waals surface area (Å²) in [6, 6.07) is 21.5. The number of carbonyl (C=O) groups excluding carboxylic acids is 2. The summed E-state index contributed by atoms with van der Waals surface area (Å²) in [5, 5.41) is 50.6. The third kappa shape index (κ3) is 10.3. The van der Waals surface area contributed by atoms with E-state index in [1.54, 1.807) is 9.36 Å². The van der Waals surface area contributed by atoms with Gasteiger partial charge in [0.25, 0.3) is 11.8 Å². The van der Waals surface area contributed by atoms with Gasteiger partial charge < -0.3 is 30.7 Å². The second-order valence-electron chi connectivity index (χ2n) is 22.6. The van der Waals surface area contributed by atoms with Crippen molar-refractivity contribution in [2.45, 2.75) is 125 Å². The third-order valence-electron chi connectivity index (χ3n) is 16.7. The molecule has 2 saturated heterocycles. The van der Waals surface area contributed by atoms with E-state index in [-0.39, 0.29) is 11.8 Å². The maximum atomic E-state index is 13.7. The number of pyridine rings is 2. The zero-order chi connectivity index (χ0) is 58.5. The van der Waals surface area contributed by atoms with Crippen molar-refractivity contribution in [3.63, 3.8) is 0 Å². The summed E-state index contributed by atoms with van der Waals surface area (Å²) >= 11 is 0. The third-order valence-corrected chi connectivity index (χ3v) is 16.7. The zero-order valence-corrected chi connectivity index (χ0v) is 49.7. The van der Waals surface area contributed by atoms with Crippen molar-refractivity contribution >= 4 is 68.5 Å². The topological polar surface area (TPSA) is 257 Å². The summed E-state index contributed by atoms with van der Waals surface area (Å²) in [4.78, 5) is 48.1. The second-order valence-corrected chi connectivity index (χ2v) is 22.6. The van der Waals surface area contributed by atoms with Crippen LogP contribution in [-0.2, 0) is 20.7 Å². The van der Waals surface area contributed by atoms with E-state index in [2.05, 4.69) is 146 Å². The first kappa shape index (κ1) is 56.6. The molecule has 4 atom stereocenters. The van der Waals surface area contributed by atoms with Gasteiger partial charge in [0, 0.05) is 114 Å². The molecular formula is C58H76N22O2. The molecule has 2 amide bonds. The highest BCUT2D eigenvalue weighted by Crippen LogP contribution is 2.39. The molecule has 10 heterocycles. The Morgan fingerprint density at radius 3 is 1.63 bits per heavy atom. The molecule has 0 radical (unpaired) electrons. The second kappa shape index (κ2) is 22.4. The predicted molar refractivity (Wildman–Crippen MR) is 321 cm³/mol. The van der Waals surface area contributed by atoms with Crippen molar-refractivity contribution in [1.82, 2.24) is 80.6 Å². The SMILES string of the molecule is CC.CC1=C(C(=O)Nc2ccc3[nH]nc(-c4ccnc(N5C[C@@H](C)N(C)[C@@H](C)C5)c4)c3c2)C(C)(C)n2nnnc2N1.CCN1[C@H](C)CN(c2cc(-c3n[nH]c4ccc(NC(=O)C5=C(C)N(C)c6nnnn6C5(C)C)cc34)ccn2)C[C@@H]1C. The number of hydrogen-bond donors (Lipinski definition) is 5. The molecule has 0 aliphatic carbocycles. The number of rotatable bonds is 9. The van der Waals surface area contributed by atoms with Gasteiger partial charge in [0.05, 0.1) is 33.3 Å². The number of fused-ring (bicyclic) bond motifs is 4. The van der Waals surface area contributed by atoms with Gasteiger partial charge in [-0.2, -0.15) is 10.2 Å². The molecule has 4 aliphatic rings. The molecule has 12 rings (SSSR count). The van der Waals surface area contributed by atoms with Crippen LogP contribution < -0.4 is 30.7 Å². The van der Waals surface area contributed by atoms with Crippen molar-refractivity contribution in [2.75, 3.05) is 77.5 Å². The summed E-state index contributed by atoms with van der Waals surface area (Å²) in [7, 11) is 4.03. The van der Waals surface area contributed by atoms with Gasteiger partial charge in [0.2, 0.25) is 11.9 Å². The Balaban J connectivity index is 0.000000179. The van der Waals surface area contributed by atoms with Gasteiger partial charge in [-0.25, -0.2) is 19.3 Å². The Labute approximate surface area is 477 Å². The number of nitrogens with zero attached hydrogens (tertiary/aromatic N) is 17. The maximum absolute atomic E-state index is 13.7. The lowest BCUT2D eigenvalue weighted by Gasteiger charge is -2.44. The first-order valence-corrected chi connectivity index (χ1v) is 28.2. The molecule has 2 aromatic carbocycles. The van der Waals surface area contributed by atoms with Crippen LogP contribution in [-0.4, -0.2) is 163 Å². The number of piperazine rings is 2. The fraction of sp³-hybridized carbons (Fsp3) is 0.448.